The third-order valence-corrected chi connectivity index (χ3v) is 3.85. The van der Waals surface area contributed by atoms with Crippen LogP contribution in [0.4, 0.5) is 18.9 Å². The summed E-state index contributed by atoms with van der Waals surface area (Å²) >= 11 is 0. The SMILES string of the molecule is Cc1[nH]ncc1NS(=O)(=O)Cc1ccc(OC(F)(F)F)cc1. The Bertz CT molecular complexity index is 739. The lowest BCUT2D eigenvalue weighted by molar-refractivity contribution is -0.274. The number of benzene rings is 1. The molecule has 1 aromatic heterocycles. The fourth-order valence-corrected chi connectivity index (χ4v) is 2.91. The van der Waals surface area contributed by atoms with Crippen LogP contribution in [0.1, 0.15) is 11.3 Å². The molecule has 0 atom stereocenters. The third kappa shape index (κ3) is 4.65. The molecule has 2 rings (SSSR count). The number of H-pyrrole nitrogens is 1. The molecule has 0 aliphatic heterocycles. The van der Waals surface area contributed by atoms with Crippen molar-refractivity contribution in [2.24, 2.45) is 0 Å². The predicted octanol–water partition coefficient (Wildman–Crippen LogP) is 2.56. The number of rotatable bonds is 5. The Morgan fingerprint density at radius 2 is 1.91 bits per heavy atom. The van der Waals surface area contributed by atoms with Gasteiger partial charge in [0.05, 0.1) is 23.3 Å². The van der Waals surface area contributed by atoms with E-state index in [1.807, 2.05) is 0 Å². The summed E-state index contributed by atoms with van der Waals surface area (Å²) < 4.78 is 66.1. The second-order valence-electron chi connectivity index (χ2n) is 4.46. The second-order valence-corrected chi connectivity index (χ2v) is 6.18. The van der Waals surface area contributed by atoms with Crippen molar-refractivity contribution in [3.63, 3.8) is 0 Å². The predicted molar refractivity (Wildman–Crippen MR) is 72.7 cm³/mol. The van der Waals surface area contributed by atoms with Gasteiger partial charge >= 0.3 is 6.36 Å². The highest BCUT2D eigenvalue weighted by molar-refractivity contribution is 7.91. The number of anilines is 1. The number of nitrogens with zero attached hydrogens (tertiary/aromatic N) is 1. The van der Waals surface area contributed by atoms with Gasteiger partial charge in [0.1, 0.15) is 5.75 Å². The van der Waals surface area contributed by atoms with Gasteiger partial charge in [0.2, 0.25) is 10.0 Å². The zero-order valence-corrected chi connectivity index (χ0v) is 12.1. The van der Waals surface area contributed by atoms with Crippen molar-refractivity contribution in [1.29, 1.82) is 0 Å². The molecular formula is C12H12F3N3O3S. The van der Waals surface area contributed by atoms with Crippen molar-refractivity contribution in [2.75, 3.05) is 4.72 Å². The quantitative estimate of drug-likeness (QED) is 0.879. The zero-order chi connectivity index (χ0) is 16.4. The molecule has 1 aromatic carbocycles. The Labute approximate surface area is 124 Å². The maximum atomic E-state index is 12.0. The Kier molecular flexibility index (Phi) is 4.31. The van der Waals surface area contributed by atoms with Gasteiger partial charge in [-0.1, -0.05) is 12.1 Å². The maximum absolute atomic E-state index is 12.0. The lowest BCUT2D eigenvalue weighted by Crippen LogP contribution is -2.17. The summed E-state index contributed by atoms with van der Waals surface area (Å²) in [6, 6.07) is 4.62. The Morgan fingerprint density at radius 3 is 2.41 bits per heavy atom. The molecule has 0 amide bonds. The molecule has 0 saturated carbocycles. The molecule has 0 bridgehead atoms. The molecular weight excluding hydrogens is 323 g/mol. The third-order valence-electron chi connectivity index (χ3n) is 2.61. The molecule has 0 fully saturated rings. The molecule has 0 spiro atoms. The first-order chi connectivity index (χ1) is 10.1. The van der Waals surface area contributed by atoms with Crippen LogP contribution in [-0.2, 0) is 15.8 Å². The van der Waals surface area contributed by atoms with Crippen molar-refractivity contribution >= 4 is 15.7 Å². The molecule has 0 aliphatic rings. The summed E-state index contributed by atoms with van der Waals surface area (Å²) in [5, 5.41) is 6.27. The number of hydrogen-bond donors (Lipinski definition) is 2. The number of aromatic nitrogens is 2. The highest BCUT2D eigenvalue weighted by Gasteiger charge is 2.31. The minimum absolute atomic E-state index is 0.317. The van der Waals surface area contributed by atoms with E-state index in [4.69, 9.17) is 0 Å². The van der Waals surface area contributed by atoms with Gasteiger partial charge in [-0.2, -0.15) is 5.10 Å². The first-order valence-corrected chi connectivity index (χ1v) is 7.65. The second kappa shape index (κ2) is 5.87. The normalized spacial score (nSPS) is 12.2. The Morgan fingerprint density at radius 1 is 1.27 bits per heavy atom. The molecule has 6 nitrogen and oxygen atoms in total. The molecule has 22 heavy (non-hydrogen) atoms. The zero-order valence-electron chi connectivity index (χ0n) is 11.3. The first-order valence-electron chi connectivity index (χ1n) is 6.00. The summed E-state index contributed by atoms with van der Waals surface area (Å²) in [5.41, 5.74) is 1.19. The molecule has 0 aliphatic carbocycles. The number of ether oxygens (including phenoxy) is 1. The topological polar surface area (TPSA) is 84.1 Å². The molecule has 2 aromatic rings. The summed E-state index contributed by atoms with van der Waals surface area (Å²) in [5.74, 6) is -0.795. The average Bonchev–Trinajstić information content (AvgIpc) is 2.75. The van der Waals surface area contributed by atoms with Crippen LogP contribution in [0.25, 0.3) is 0 Å². The van der Waals surface area contributed by atoms with Crippen molar-refractivity contribution in [3.8, 4) is 5.75 Å². The average molecular weight is 335 g/mol. The van der Waals surface area contributed by atoms with Crippen LogP contribution in [0.5, 0.6) is 5.75 Å². The van der Waals surface area contributed by atoms with Crippen molar-refractivity contribution in [3.05, 3.63) is 41.7 Å². The molecule has 0 radical (unpaired) electrons. The smallest absolute Gasteiger partial charge is 0.406 e. The highest BCUT2D eigenvalue weighted by atomic mass is 32.2. The lowest BCUT2D eigenvalue weighted by atomic mass is 10.2. The van der Waals surface area contributed by atoms with Crippen LogP contribution in [0.3, 0.4) is 0 Å². The van der Waals surface area contributed by atoms with Crippen molar-refractivity contribution < 1.29 is 26.3 Å². The van der Waals surface area contributed by atoms with Gasteiger partial charge in [0.15, 0.2) is 0 Å². The van der Waals surface area contributed by atoms with E-state index in [-0.39, 0.29) is 5.75 Å². The number of aryl methyl sites for hydroxylation is 1. The van der Waals surface area contributed by atoms with Gasteiger partial charge in [-0.25, -0.2) is 8.42 Å². The van der Waals surface area contributed by atoms with Crippen LogP contribution < -0.4 is 9.46 Å². The van der Waals surface area contributed by atoms with Gasteiger partial charge < -0.3 is 4.74 Å². The van der Waals surface area contributed by atoms with Gasteiger partial charge in [0, 0.05) is 0 Å². The van der Waals surface area contributed by atoms with Gasteiger partial charge in [-0.05, 0) is 24.6 Å². The first kappa shape index (κ1) is 16.1. The van der Waals surface area contributed by atoms with E-state index in [9.17, 15) is 21.6 Å². The minimum atomic E-state index is -4.78. The van der Waals surface area contributed by atoms with Crippen LogP contribution >= 0.6 is 0 Å². The number of halogens is 3. The molecule has 0 saturated heterocycles. The van der Waals surface area contributed by atoms with Crippen molar-refractivity contribution in [1.82, 2.24) is 10.2 Å². The maximum Gasteiger partial charge on any atom is 0.573 e. The van der Waals surface area contributed by atoms with Gasteiger partial charge in [-0.3, -0.25) is 9.82 Å². The van der Waals surface area contributed by atoms with E-state index >= 15 is 0 Å². The standard InChI is InChI=1S/C12H12F3N3O3S/c1-8-11(6-16-17-8)18-22(19,20)7-9-2-4-10(5-3-9)21-12(13,14)15/h2-6,18H,7H2,1H3,(H,16,17). The van der Waals surface area contributed by atoms with Crippen LogP contribution in [-0.4, -0.2) is 25.0 Å². The van der Waals surface area contributed by atoms with Crippen LogP contribution in [0.2, 0.25) is 0 Å². The summed E-state index contributed by atoms with van der Waals surface area (Å²) in [6.45, 7) is 1.65. The summed E-state index contributed by atoms with van der Waals surface area (Å²) in [4.78, 5) is 0. The number of sulfonamides is 1. The molecule has 120 valence electrons. The minimum Gasteiger partial charge on any atom is -0.406 e. The van der Waals surface area contributed by atoms with E-state index in [0.29, 0.717) is 16.9 Å². The fraction of sp³-hybridized carbons (Fsp3) is 0.250. The van der Waals surface area contributed by atoms with Crippen molar-refractivity contribution in [2.45, 2.75) is 19.0 Å². The van der Waals surface area contributed by atoms with Gasteiger partial charge in [-0.15, -0.1) is 13.2 Å². The van der Waals surface area contributed by atoms with E-state index < -0.39 is 22.1 Å². The van der Waals surface area contributed by atoms with E-state index in [1.165, 1.54) is 18.3 Å². The van der Waals surface area contributed by atoms with Crippen LogP contribution in [0, 0.1) is 6.92 Å². The molecule has 2 N–H and O–H groups in total. The largest absolute Gasteiger partial charge is 0.573 e. The summed E-state index contributed by atoms with van der Waals surface area (Å²) in [7, 11) is -3.70. The molecule has 1 heterocycles. The number of hydrogen-bond acceptors (Lipinski definition) is 4. The van der Waals surface area contributed by atoms with Crippen LogP contribution in [0.15, 0.2) is 30.5 Å². The summed E-state index contributed by atoms with van der Waals surface area (Å²) in [6.07, 6.45) is -3.46. The Hall–Kier alpha value is -2.23. The number of nitrogens with one attached hydrogen (secondary N) is 2. The molecule has 10 heteroatoms. The monoisotopic (exact) mass is 335 g/mol. The van der Waals surface area contributed by atoms with E-state index in [0.717, 1.165) is 12.1 Å². The fourth-order valence-electron chi connectivity index (χ4n) is 1.66. The molecule has 0 unspecified atom stereocenters. The van der Waals surface area contributed by atoms with Gasteiger partial charge in [0.25, 0.3) is 0 Å². The lowest BCUT2D eigenvalue weighted by Gasteiger charge is -2.10. The van der Waals surface area contributed by atoms with E-state index in [2.05, 4.69) is 19.7 Å². The number of aromatic amines is 1. The highest BCUT2D eigenvalue weighted by Crippen LogP contribution is 2.23. The van der Waals surface area contributed by atoms with E-state index in [1.54, 1.807) is 6.92 Å². The Balaban J connectivity index is 2.05. The number of alkyl halides is 3.